The molecular weight excluding hydrogens is 206 g/mol. The van der Waals surface area contributed by atoms with Gasteiger partial charge in [0.05, 0.1) is 6.26 Å². The van der Waals surface area contributed by atoms with Crippen molar-refractivity contribution in [3.05, 3.63) is 35.1 Å². The van der Waals surface area contributed by atoms with E-state index in [0.29, 0.717) is 0 Å². The molecule has 0 spiro atoms. The van der Waals surface area contributed by atoms with Gasteiger partial charge in [0.1, 0.15) is 5.76 Å². The van der Waals surface area contributed by atoms with E-state index in [1.165, 1.54) is 16.0 Å². The summed E-state index contributed by atoms with van der Waals surface area (Å²) in [6.45, 7) is 0. The standard InChI is InChI=1S/C12H13NOS/c13-8-3-4-9-10(7-14-11(9)6-8)12-2-1-5-15-12/h1-2,5,7-8H,3-4,6,13H2. The van der Waals surface area contributed by atoms with Gasteiger partial charge in [-0.1, -0.05) is 6.07 Å². The lowest BCUT2D eigenvalue weighted by molar-refractivity contribution is 0.449. The van der Waals surface area contributed by atoms with E-state index in [-0.39, 0.29) is 6.04 Å². The van der Waals surface area contributed by atoms with E-state index in [1.54, 1.807) is 11.3 Å². The SMILES string of the molecule is NC1CCc2c(-c3cccs3)coc2C1. The fourth-order valence-corrected chi connectivity index (χ4v) is 2.94. The van der Waals surface area contributed by atoms with Crippen LogP contribution in [0.15, 0.2) is 28.2 Å². The first-order valence-corrected chi connectivity index (χ1v) is 6.11. The molecule has 0 aromatic carbocycles. The van der Waals surface area contributed by atoms with Crippen molar-refractivity contribution in [3.63, 3.8) is 0 Å². The van der Waals surface area contributed by atoms with Crippen molar-refractivity contribution in [2.45, 2.75) is 25.3 Å². The third kappa shape index (κ3) is 1.52. The van der Waals surface area contributed by atoms with Crippen molar-refractivity contribution in [1.29, 1.82) is 0 Å². The van der Waals surface area contributed by atoms with Gasteiger partial charge in [-0.2, -0.15) is 0 Å². The first kappa shape index (κ1) is 9.19. The van der Waals surface area contributed by atoms with E-state index in [0.717, 1.165) is 25.0 Å². The van der Waals surface area contributed by atoms with E-state index in [1.807, 2.05) is 6.26 Å². The quantitative estimate of drug-likeness (QED) is 0.801. The van der Waals surface area contributed by atoms with Gasteiger partial charge in [-0.05, 0) is 24.3 Å². The summed E-state index contributed by atoms with van der Waals surface area (Å²) >= 11 is 1.76. The summed E-state index contributed by atoms with van der Waals surface area (Å²) in [5.74, 6) is 1.09. The second-order valence-corrected chi connectivity index (χ2v) is 4.98. The molecule has 1 aliphatic rings. The minimum absolute atomic E-state index is 0.278. The molecule has 1 unspecified atom stereocenters. The van der Waals surface area contributed by atoms with Crippen molar-refractivity contribution in [1.82, 2.24) is 0 Å². The predicted octanol–water partition coefficient (Wildman–Crippen LogP) is 2.82. The zero-order valence-corrected chi connectivity index (χ0v) is 9.22. The molecule has 0 fully saturated rings. The van der Waals surface area contributed by atoms with Gasteiger partial charge in [-0.15, -0.1) is 11.3 Å². The highest BCUT2D eigenvalue weighted by Crippen LogP contribution is 2.35. The van der Waals surface area contributed by atoms with Crippen LogP contribution < -0.4 is 5.73 Å². The lowest BCUT2D eigenvalue weighted by Gasteiger charge is -2.17. The van der Waals surface area contributed by atoms with Crippen LogP contribution in [0.25, 0.3) is 10.4 Å². The predicted molar refractivity (Wildman–Crippen MR) is 62.0 cm³/mol. The Labute approximate surface area is 92.7 Å². The zero-order chi connectivity index (χ0) is 10.3. The van der Waals surface area contributed by atoms with Crippen molar-refractivity contribution < 1.29 is 4.42 Å². The molecule has 15 heavy (non-hydrogen) atoms. The highest BCUT2D eigenvalue weighted by molar-refractivity contribution is 7.13. The third-order valence-corrected chi connectivity index (χ3v) is 3.88. The first-order chi connectivity index (χ1) is 7.34. The third-order valence-electron chi connectivity index (χ3n) is 2.98. The van der Waals surface area contributed by atoms with Gasteiger partial charge in [0.2, 0.25) is 0 Å². The largest absolute Gasteiger partial charge is 0.468 e. The summed E-state index contributed by atoms with van der Waals surface area (Å²) in [7, 11) is 0. The topological polar surface area (TPSA) is 39.2 Å². The van der Waals surface area contributed by atoms with Crippen LogP contribution in [-0.2, 0) is 12.8 Å². The molecule has 78 valence electrons. The second-order valence-electron chi connectivity index (χ2n) is 4.03. The Hall–Kier alpha value is -1.06. The van der Waals surface area contributed by atoms with Crippen LogP contribution in [0.4, 0.5) is 0 Å². The van der Waals surface area contributed by atoms with E-state index < -0.39 is 0 Å². The minimum Gasteiger partial charge on any atom is -0.468 e. The Bertz CT molecular complexity index is 458. The van der Waals surface area contributed by atoms with Crippen LogP contribution in [0.5, 0.6) is 0 Å². The van der Waals surface area contributed by atoms with Gasteiger partial charge in [0.25, 0.3) is 0 Å². The van der Waals surface area contributed by atoms with Crippen LogP contribution >= 0.6 is 11.3 Å². The van der Waals surface area contributed by atoms with Gasteiger partial charge in [0.15, 0.2) is 0 Å². The molecule has 1 aliphatic carbocycles. The molecule has 0 bridgehead atoms. The van der Waals surface area contributed by atoms with Crippen LogP contribution in [0.1, 0.15) is 17.7 Å². The van der Waals surface area contributed by atoms with E-state index in [4.69, 9.17) is 10.2 Å². The number of thiophene rings is 1. The highest BCUT2D eigenvalue weighted by Gasteiger charge is 2.22. The summed E-state index contributed by atoms with van der Waals surface area (Å²) in [6, 6.07) is 4.50. The first-order valence-electron chi connectivity index (χ1n) is 5.23. The van der Waals surface area contributed by atoms with Crippen LogP contribution in [0, 0.1) is 0 Å². The van der Waals surface area contributed by atoms with Gasteiger partial charge in [0, 0.05) is 28.5 Å². The summed E-state index contributed by atoms with van der Waals surface area (Å²) in [5, 5.41) is 2.10. The molecular formula is C12H13NOS. The molecule has 0 saturated heterocycles. The molecule has 2 aromatic rings. The normalized spacial score (nSPS) is 20.2. The highest BCUT2D eigenvalue weighted by atomic mass is 32.1. The lowest BCUT2D eigenvalue weighted by Crippen LogP contribution is -2.27. The summed E-state index contributed by atoms with van der Waals surface area (Å²) < 4.78 is 5.61. The van der Waals surface area contributed by atoms with Gasteiger partial charge in [-0.3, -0.25) is 0 Å². The lowest BCUT2D eigenvalue weighted by atomic mass is 9.92. The van der Waals surface area contributed by atoms with Crippen molar-refractivity contribution in [2.24, 2.45) is 5.73 Å². The Morgan fingerprint density at radius 3 is 3.20 bits per heavy atom. The molecule has 1 atom stereocenters. The monoisotopic (exact) mass is 219 g/mol. The minimum atomic E-state index is 0.278. The van der Waals surface area contributed by atoms with Gasteiger partial charge in [-0.25, -0.2) is 0 Å². The molecule has 0 radical (unpaired) electrons. The average Bonchev–Trinajstić information content (AvgIpc) is 2.82. The zero-order valence-electron chi connectivity index (χ0n) is 8.40. The van der Waals surface area contributed by atoms with Crippen LogP contribution in [0.2, 0.25) is 0 Å². The molecule has 2 heterocycles. The molecule has 3 rings (SSSR count). The maximum absolute atomic E-state index is 5.92. The molecule has 0 saturated carbocycles. The summed E-state index contributed by atoms with van der Waals surface area (Å²) in [6.07, 6.45) is 4.90. The summed E-state index contributed by atoms with van der Waals surface area (Å²) in [5.41, 5.74) is 8.56. The molecule has 3 heteroatoms. The Balaban J connectivity index is 2.05. The number of hydrogen-bond donors (Lipinski definition) is 1. The fraction of sp³-hybridized carbons (Fsp3) is 0.333. The number of rotatable bonds is 1. The van der Waals surface area contributed by atoms with E-state index in [2.05, 4.69) is 17.5 Å². The van der Waals surface area contributed by atoms with Gasteiger partial charge >= 0.3 is 0 Å². The molecule has 2 nitrogen and oxygen atoms in total. The summed E-state index contributed by atoms with van der Waals surface area (Å²) in [4.78, 5) is 1.30. The average molecular weight is 219 g/mol. The van der Waals surface area contributed by atoms with Crippen LogP contribution in [0.3, 0.4) is 0 Å². The van der Waals surface area contributed by atoms with Crippen LogP contribution in [-0.4, -0.2) is 6.04 Å². The van der Waals surface area contributed by atoms with Crippen molar-refractivity contribution in [2.75, 3.05) is 0 Å². The fourth-order valence-electron chi connectivity index (χ4n) is 2.18. The molecule has 2 N–H and O–H groups in total. The smallest absolute Gasteiger partial charge is 0.109 e. The van der Waals surface area contributed by atoms with Crippen molar-refractivity contribution in [3.8, 4) is 10.4 Å². The molecule has 2 aromatic heterocycles. The Kier molecular flexibility index (Phi) is 2.15. The second kappa shape index (κ2) is 3.51. The maximum Gasteiger partial charge on any atom is 0.109 e. The number of furan rings is 1. The van der Waals surface area contributed by atoms with E-state index in [9.17, 15) is 0 Å². The molecule has 0 aliphatic heterocycles. The number of fused-ring (bicyclic) bond motifs is 1. The Morgan fingerprint density at radius 2 is 2.40 bits per heavy atom. The Morgan fingerprint density at radius 1 is 1.47 bits per heavy atom. The van der Waals surface area contributed by atoms with Crippen molar-refractivity contribution >= 4 is 11.3 Å². The van der Waals surface area contributed by atoms with Gasteiger partial charge < -0.3 is 10.2 Å². The number of nitrogens with two attached hydrogens (primary N) is 1. The molecule has 0 amide bonds. The number of hydrogen-bond acceptors (Lipinski definition) is 3. The van der Waals surface area contributed by atoms with E-state index >= 15 is 0 Å². The maximum atomic E-state index is 5.92.